The Morgan fingerprint density at radius 1 is 1.31 bits per heavy atom. The Morgan fingerprint density at radius 2 is 2.19 bits per heavy atom. The quantitative estimate of drug-likeness (QED) is 0.872. The minimum absolute atomic E-state index is 0.792. The standard InChI is InChI=1S/C13H20N2S/c1-8-13(16-9(2)15-8)7-14-12-6-10-3-4-11(12)5-10/h10-12,14H,3-7H2,1-2H3. The summed E-state index contributed by atoms with van der Waals surface area (Å²) in [6, 6.07) is 0.792. The van der Waals surface area contributed by atoms with Crippen LogP contribution >= 0.6 is 11.3 Å². The molecule has 2 aliphatic carbocycles. The molecule has 3 heteroatoms. The van der Waals surface area contributed by atoms with Gasteiger partial charge in [0.1, 0.15) is 0 Å². The summed E-state index contributed by atoms with van der Waals surface area (Å²) in [5, 5.41) is 4.95. The first-order chi connectivity index (χ1) is 7.72. The lowest BCUT2D eigenvalue weighted by atomic mass is 9.95. The fraction of sp³-hybridized carbons (Fsp3) is 0.769. The summed E-state index contributed by atoms with van der Waals surface area (Å²) in [5.41, 5.74) is 1.22. The summed E-state index contributed by atoms with van der Waals surface area (Å²) in [6.45, 7) is 5.26. The number of rotatable bonds is 3. The predicted octanol–water partition coefficient (Wildman–Crippen LogP) is 3.04. The molecule has 0 aliphatic heterocycles. The molecule has 0 spiro atoms. The molecule has 1 heterocycles. The Morgan fingerprint density at radius 3 is 2.75 bits per heavy atom. The molecule has 0 saturated heterocycles. The summed E-state index contributed by atoms with van der Waals surface area (Å²) in [6.07, 6.45) is 5.85. The highest BCUT2D eigenvalue weighted by molar-refractivity contribution is 7.11. The van der Waals surface area contributed by atoms with Gasteiger partial charge in [-0.05, 0) is 44.9 Å². The zero-order valence-electron chi connectivity index (χ0n) is 10.1. The van der Waals surface area contributed by atoms with Gasteiger partial charge in [-0.15, -0.1) is 11.3 Å². The van der Waals surface area contributed by atoms with E-state index in [9.17, 15) is 0 Å². The van der Waals surface area contributed by atoms with Gasteiger partial charge < -0.3 is 5.32 Å². The van der Waals surface area contributed by atoms with Crippen molar-refractivity contribution in [3.05, 3.63) is 15.6 Å². The SMILES string of the molecule is Cc1nc(C)c(CNC2CC3CCC2C3)s1. The van der Waals surface area contributed by atoms with Crippen molar-refractivity contribution in [1.29, 1.82) is 0 Å². The molecule has 3 atom stereocenters. The van der Waals surface area contributed by atoms with Crippen LogP contribution in [0.15, 0.2) is 0 Å². The largest absolute Gasteiger partial charge is 0.309 e. The number of hydrogen-bond donors (Lipinski definition) is 1. The first-order valence-corrected chi connectivity index (χ1v) is 7.20. The lowest BCUT2D eigenvalue weighted by Gasteiger charge is -2.22. The van der Waals surface area contributed by atoms with Crippen molar-refractivity contribution in [3.63, 3.8) is 0 Å². The van der Waals surface area contributed by atoms with Crippen LogP contribution < -0.4 is 5.32 Å². The maximum Gasteiger partial charge on any atom is 0.0900 e. The van der Waals surface area contributed by atoms with Crippen LogP contribution in [0.4, 0.5) is 0 Å². The van der Waals surface area contributed by atoms with Crippen LogP contribution in [0.3, 0.4) is 0 Å². The Labute approximate surface area is 101 Å². The van der Waals surface area contributed by atoms with Gasteiger partial charge in [-0.2, -0.15) is 0 Å². The Bertz CT molecular complexity index is 385. The molecular weight excluding hydrogens is 216 g/mol. The van der Waals surface area contributed by atoms with E-state index in [4.69, 9.17) is 0 Å². The third-order valence-electron chi connectivity index (χ3n) is 4.26. The Hall–Kier alpha value is -0.410. The fourth-order valence-corrected chi connectivity index (χ4v) is 4.34. The van der Waals surface area contributed by atoms with E-state index in [-0.39, 0.29) is 0 Å². The topological polar surface area (TPSA) is 24.9 Å². The van der Waals surface area contributed by atoms with Gasteiger partial charge in [0.15, 0.2) is 0 Å². The third-order valence-corrected chi connectivity index (χ3v) is 5.34. The number of aromatic nitrogens is 1. The molecule has 1 aromatic heterocycles. The summed E-state index contributed by atoms with van der Waals surface area (Å²) < 4.78 is 0. The van der Waals surface area contributed by atoms with Crippen molar-refractivity contribution in [2.24, 2.45) is 11.8 Å². The Kier molecular flexibility index (Phi) is 2.76. The highest BCUT2D eigenvalue weighted by Gasteiger charge is 2.39. The van der Waals surface area contributed by atoms with Crippen LogP contribution in [-0.4, -0.2) is 11.0 Å². The molecule has 3 rings (SSSR count). The first-order valence-electron chi connectivity index (χ1n) is 6.38. The summed E-state index contributed by atoms with van der Waals surface area (Å²) in [7, 11) is 0. The van der Waals surface area contributed by atoms with Gasteiger partial charge in [-0.3, -0.25) is 0 Å². The lowest BCUT2D eigenvalue weighted by molar-refractivity contribution is 0.351. The molecule has 2 bridgehead atoms. The second-order valence-corrected chi connectivity index (χ2v) is 6.69. The first kappa shape index (κ1) is 10.7. The van der Waals surface area contributed by atoms with Crippen molar-refractivity contribution in [3.8, 4) is 0 Å². The molecule has 3 unspecified atom stereocenters. The van der Waals surface area contributed by atoms with E-state index in [0.717, 1.165) is 24.4 Å². The molecule has 88 valence electrons. The van der Waals surface area contributed by atoms with E-state index in [1.807, 2.05) is 11.3 Å². The minimum Gasteiger partial charge on any atom is -0.309 e. The van der Waals surface area contributed by atoms with E-state index in [1.54, 1.807) is 0 Å². The monoisotopic (exact) mass is 236 g/mol. The maximum atomic E-state index is 4.48. The van der Waals surface area contributed by atoms with Crippen LogP contribution in [0.1, 0.15) is 41.3 Å². The van der Waals surface area contributed by atoms with Gasteiger partial charge in [0.05, 0.1) is 10.7 Å². The summed E-state index contributed by atoms with van der Waals surface area (Å²) in [4.78, 5) is 5.91. The smallest absolute Gasteiger partial charge is 0.0900 e. The Balaban J connectivity index is 1.59. The summed E-state index contributed by atoms with van der Waals surface area (Å²) >= 11 is 1.84. The van der Waals surface area contributed by atoms with Gasteiger partial charge in [0.2, 0.25) is 0 Å². The summed E-state index contributed by atoms with van der Waals surface area (Å²) in [5.74, 6) is 2.01. The fourth-order valence-electron chi connectivity index (χ4n) is 3.46. The average Bonchev–Trinajstić information content (AvgIpc) is 2.91. The van der Waals surface area contributed by atoms with Crippen LogP contribution in [0.2, 0.25) is 0 Å². The van der Waals surface area contributed by atoms with Crippen molar-refractivity contribution in [1.82, 2.24) is 10.3 Å². The third kappa shape index (κ3) is 1.91. The molecular formula is C13H20N2S. The number of thiazole rings is 1. The van der Waals surface area contributed by atoms with Crippen molar-refractivity contribution in [2.45, 2.75) is 52.1 Å². The van der Waals surface area contributed by atoms with E-state index in [0.29, 0.717) is 0 Å². The van der Waals surface area contributed by atoms with Crippen LogP contribution in [0, 0.1) is 25.7 Å². The van der Waals surface area contributed by atoms with E-state index >= 15 is 0 Å². The molecule has 0 amide bonds. The van der Waals surface area contributed by atoms with Crippen LogP contribution in [0.25, 0.3) is 0 Å². The van der Waals surface area contributed by atoms with E-state index < -0.39 is 0 Å². The molecule has 2 fully saturated rings. The highest BCUT2D eigenvalue weighted by Crippen LogP contribution is 2.44. The average molecular weight is 236 g/mol. The molecule has 1 N–H and O–H groups in total. The molecule has 2 saturated carbocycles. The molecule has 16 heavy (non-hydrogen) atoms. The van der Waals surface area contributed by atoms with Crippen molar-refractivity contribution >= 4 is 11.3 Å². The number of nitrogens with zero attached hydrogens (tertiary/aromatic N) is 1. The molecule has 0 radical (unpaired) electrons. The molecule has 1 aromatic rings. The van der Waals surface area contributed by atoms with Crippen molar-refractivity contribution in [2.75, 3.05) is 0 Å². The second-order valence-electron chi connectivity index (χ2n) is 5.40. The number of nitrogens with one attached hydrogen (secondary N) is 1. The van der Waals surface area contributed by atoms with Gasteiger partial charge in [0.25, 0.3) is 0 Å². The van der Waals surface area contributed by atoms with Gasteiger partial charge >= 0.3 is 0 Å². The van der Waals surface area contributed by atoms with E-state index in [1.165, 1.54) is 41.3 Å². The predicted molar refractivity (Wildman–Crippen MR) is 67.7 cm³/mol. The number of hydrogen-bond acceptors (Lipinski definition) is 3. The zero-order valence-corrected chi connectivity index (χ0v) is 10.9. The van der Waals surface area contributed by atoms with Gasteiger partial charge in [0, 0.05) is 17.5 Å². The molecule has 0 aromatic carbocycles. The molecule has 2 aliphatic rings. The molecule has 2 nitrogen and oxygen atoms in total. The van der Waals surface area contributed by atoms with E-state index in [2.05, 4.69) is 24.1 Å². The van der Waals surface area contributed by atoms with Crippen LogP contribution in [-0.2, 0) is 6.54 Å². The van der Waals surface area contributed by atoms with Gasteiger partial charge in [-0.1, -0.05) is 6.42 Å². The highest BCUT2D eigenvalue weighted by atomic mass is 32.1. The lowest BCUT2D eigenvalue weighted by Crippen LogP contribution is -2.33. The zero-order chi connectivity index (χ0) is 11.1. The second kappa shape index (κ2) is 4.11. The minimum atomic E-state index is 0.792. The van der Waals surface area contributed by atoms with Crippen LogP contribution in [0.5, 0.6) is 0 Å². The normalized spacial score (nSPS) is 32.5. The van der Waals surface area contributed by atoms with Crippen molar-refractivity contribution < 1.29 is 0 Å². The maximum absolute atomic E-state index is 4.48. The number of fused-ring (bicyclic) bond motifs is 2. The van der Waals surface area contributed by atoms with Gasteiger partial charge in [-0.25, -0.2) is 4.98 Å². The number of aryl methyl sites for hydroxylation is 2.